The number of hydrogen-bond donors (Lipinski definition) is 1. The molecule has 17 heavy (non-hydrogen) atoms. The van der Waals surface area contributed by atoms with Gasteiger partial charge in [0.25, 0.3) is 0 Å². The van der Waals surface area contributed by atoms with Crippen LogP contribution in [0.25, 0.3) is 0 Å². The van der Waals surface area contributed by atoms with Gasteiger partial charge in [0.15, 0.2) is 0 Å². The number of halogens is 3. The van der Waals surface area contributed by atoms with Crippen molar-refractivity contribution in [1.82, 2.24) is 4.90 Å². The van der Waals surface area contributed by atoms with Crippen LogP contribution in [0.3, 0.4) is 0 Å². The summed E-state index contributed by atoms with van der Waals surface area (Å²) in [5.41, 5.74) is 5.09. The van der Waals surface area contributed by atoms with Crippen molar-refractivity contribution in [2.75, 3.05) is 18.8 Å². The predicted octanol–water partition coefficient (Wildman–Crippen LogP) is 2.88. The molecule has 0 atom stereocenters. The number of nitrogen functional groups attached to an aromatic ring is 1. The molecule has 5 heteroatoms. The Labute approximate surface area is 98.2 Å². The van der Waals surface area contributed by atoms with Crippen molar-refractivity contribution < 1.29 is 13.2 Å². The first kappa shape index (κ1) is 12.2. The number of alkyl halides is 3. The highest BCUT2D eigenvalue weighted by molar-refractivity contribution is 5.50. The summed E-state index contributed by atoms with van der Waals surface area (Å²) in [6.45, 7) is 2.50. The molecule has 1 aromatic rings. The first-order valence-electron chi connectivity index (χ1n) is 5.65. The van der Waals surface area contributed by atoms with Gasteiger partial charge in [0.05, 0.1) is 5.56 Å². The van der Waals surface area contributed by atoms with E-state index in [1.54, 1.807) is 6.07 Å². The number of hydrogen-bond acceptors (Lipinski definition) is 2. The smallest absolute Gasteiger partial charge is 0.398 e. The zero-order valence-electron chi connectivity index (χ0n) is 9.43. The van der Waals surface area contributed by atoms with Gasteiger partial charge in [0, 0.05) is 12.2 Å². The minimum atomic E-state index is -4.37. The normalized spacial score (nSPS) is 17.6. The SMILES string of the molecule is Nc1ccc(CN2CCCC2)cc1C(F)(F)F. The van der Waals surface area contributed by atoms with Crippen molar-refractivity contribution >= 4 is 5.69 Å². The Balaban J connectivity index is 2.18. The summed E-state index contributed by atoms with van der Waals surface area (Å²) >= 11 is 0. The van der Waals surface area contributed by atoms with Crippen LogP contribution in [-0.2, 0) is 12.7 Å². The van der Waals surface area contributed by atoms with E-state index in [1.165, 1.54) is 6.07 Å². The summed E-state index contributed by atoms with van der Waals surface area (Å²) in [4.78, 5) is 2.16. The van der Waals surface area contributed by atoms with Gasteiger partial charge in [-0.25, -0.2) is 0 Å². The van der Waals surface area contributed by atoms with Crippen LogP contribution in [0.1, 0.15) is 24.0 Å². The second kappa shape index (κ2) is 4.56. The van der Waals surface area contributed by atoms with E-state index in [4.69, 9.17) is 5.73 Å². The van der Waals surface area contributed by atoms with E-state index in [9.17, 15) is 13.2 Å². The lowest BCUT2D eigenvalue weighted by Crippen LogP contribution is -2.19. The molecule has 1 heterocycles. The Morgan fingerprint density at radius 3 is 2.41 bits per heavy atom. The van der Waals surface area contributed by atoms with Gasteiger partial charge < -0.3 is 5.73 Å². The average Bonchev–Trinajstić information content (AvgIpc) is 2.72. The molecule has 1 aliphatic rings. The topological polar surface area (TPSA) is 29.3 Å². The maximum absolute atomic E-state index is 12.6. The molecule has 1 aliphatic heterocycles. The summed E-state index contributed by atoms with van der Waals surface area (Å²) < 4.78 is 37.9. The quantitative estimate of drug-likeness (QED) is 0.810. The molecule has 0 radical (unpaired) electrons. The molecule has 1 saturated heterocycles. The summed E-state index contributed by atoms with van der Waals surface area (Å²) in [6.07, 6.45) is -2.12. The Bertz CT molecular complexity index is 395. The molecule has 1 aromatic carbocycles. The lowest BCUT2D eigenvalue weighted by Gasteiger charge is -2.17. The first-order chi connectivity index (χ1) is 7.97. The molecule has 0 aliphatic carbocycles. The standard InChI is InChI=1S/C12H15F3N2/c13-12(14,15)10-7-9(3-4-11(10)16)8-17-5-1-2-6-17/h3-4,7H,1-2,5-6,8,16H2. The fourth-order valence-electron chi connectivity index (χ4n) is 2.15. The molecule has 2 nitrogen and oxygen atoms in total. The molecular formula is C12H15F3N2. The van der Waals surface area contributed by atoms with Crippen molar-refractivity contribution in [3.05, 3.63) is 29.3 Å². The van der Waals surface area contributed by atoms with Gasteiger partial charge in [-0.1, -0.05) is 6.07 Å². The minimum Gasteiger partial charge on any atom is -0.398 e. The number of anilines is 1. The molecular weight excluding hydrogens is 229 g/mol. The lowest BCUT2D eigenvalue weighted by molar-refractivity contribution is -0.137. The Morgan fingerprint density at radius 1 is 1.18 bits per heavy atom. The first-order valence-corrected chi connectivity index (χ1v) is 5.65. The zero-order chi connectivity index (χ0) is 12.5. The Hall–Kier alpha value is -1.23. The van der Waals surface area contributed by atoms with Gasteiger partial charge in [-0.2, -0.15) is 13.2 Å². The largest absolute Gasteiger partial charge is 0.418 e. The average molecular weight is 244 g/mol. The molecule has 0 amide bonds. The third kappa shape index (κ3) is 2.91. The third-order valence-electron chi connectivity index (χ3n) is 3.03. The number of rotatable bonds is 2. The molecule has 2 N–H and O–H groups in total. The number of nitrogens with zero attached hydrogens (tertiary/aromatic N) is 1. The van der Waals surface area contributed by atoms with Crippen LogP contribution in [0.15, 0.2) is 18.2 Å². The summed E-state index contributed by atoms with van der Waals surface area (Å²) in [6, 6.07) is 4.17. The number of benzene rings is 1. The summed E-state index contributed by atoms with van der Waals surface area (Å²) in [7, 11) is 0. The van der Waals surface area contributed by atoms with Crippen molar-refractivity contribution in [2.24, 2.45) is 0 Å². The second-order valence-electron chi connectivity index (χ2n) is 4.40. The van der Waals surface area contributed by atoms with Gasteiger partial charge in [0.2, 0.25) is 0 Å². The van der Waals surface area contributed by atoms with E-state index in [-0.39, 0.29) is 5.69 Å². The second-order valence-corrected chi connectivity index (χ2v) is 4.40. The Kier molecular flexibility index (Phi) is 3.28. The van der Waals surface area contributed by atoms with Crippen molar-refractivity contribution in [2.45, 2.75) is 25.6 Å². The molecule has 0 bridgehead atoms. The summed E-state index contributed by atoms with van der Waals surface area (Å²) in [5.74, 6) is 0. The highest BCUT2D eigenvalue weighted by atomic mass is 19.4. The number of likely N-dealkylation sites (tertiary alicyclic amines) is 1. The van der Waals surface area contributed by atoms with Gasteiger partial charge in [-0.3, -0.25) is 4.90 Å². The van der Waals surface area contributed by atoms with E-state index < -0.39 is 11.7 Å². The maximum atomic E-state index is 12.6. The van der Waals surface area contributed by atoms with Crippen molar-refractivity contribution in [3.63, 3.8) is 0 Å². The molecule has 0 unspecified atom stereocenters. The van der Waals surface area contributed by atoms with Crippen LogP contribution in [-0.4, -0.2) is 18.0 Å². The molecule has 0 spiro atoms. The lowest BCUT2D eigenvalue weighted by atomic mass is 10.1. The van der Waals surface area contributed by atoms with Crippen LogP contribution in [0.2, 0.25) is 0 Å². The van der Waals surface area contributed by atoms with Gasteiger partial charge in [-0.15, -0.1) is 0 Å². The van der Waals surface area contributed by atoms with Gasteiger partial charge in [0.1, 0.15) is 0 Å². The van der Waals surface area contributed by atoms with Gasteiger partial charge in [-0.05, 0) is 43.6 Å². The fraction of sp³-hybridized carbons (Fsp3) is 0.500. The Morgan fingerprint density at radius 2 is 1.82 bits per heavy atom. The van der Waals surface area contributed by atoms with Crippen LogP contribution < -0.4 is 5.73 Å². The van der Waals surface area contributed by atoms with Crippen LogP contribution in [0.4, 0.5) is 18.9 Å². The van der Waals surface area contributed by atoms with Crippen molar-refractivity contribution in [1.29, 1.82) is 0 Å². The van der Waals surface area contributed by atoms with E-state index in [0.29, 0.717) is 12.1 Å². The van der Waals surface area contributed by atoms with Gasteiger partial charge >= 0.3 is 6.18 Å². The predicted molar refractivity (Wildman–Crippen MR) is 60.4 cm³/mol. The fourth-order valence-corrected chi connectivity index (χ4v) is 2.15. The van der Waals surface area contributed by atoms with E-state index in [2.05, 4.69) is 4.90 Å². The molecule has 94 valence electrons. The number of nitrogens with two attached hydrogens (primary N) is 1. The van der Waals surface area contributed by atoms with Crippen LogP contribution >= 0.6 is 0 Å². The molecule has 0 saturated carbocycles. The third-order valence-corrected chi connectivity index (χ3v) is 3.03. The maximum Gasteiger partial charge on any atom is 0.418 e. The molecule has 0 aromatic heterocycles. The monoisotopic (exact) mass is 244 g/mol. The highest BCUT2D eigenvalue weighted by Gasteiger charge is 2.33. The van der Waals surface area contributed by atoms with E-state index >= 15 is 0 Å². The molecule has 2 rings (SSSR count). The minimum absolute atomic E-state index is 0.206. The zero-order valence-corrected chi connectivity index (χ0v) is 9.43. The highest BCUT2D eigenvalue weighted by Crippen LogP contribution is 2.34. The van der Waals surface area contributed by atoms with Crippen LogP contribution in [0, 0.1) is 0 Å². The van der Waals surface area contributed by atoms with Crippen LogP contribution in [0.5, 0.6) is 0 Å². The molecule has 1 fully saturated rings. The van der Waals surface area contributed by atoms with E-state index in [1.807, 2.05) is 0 Å². The van der Waals surface area contributed by atoms with E-state index in [0.717, 1.165) is 32.0 Å². The van der Waals surface area contributed by atoms with Crippen molar-refractivity contribution in [3.8, 4) is 0 Å². The summed E-state index contributed by atoms with van der Waals surface area (Å²) in [5, 5.41) is 0.